The molecule has 0 amide bonds. The molecular weight excluding hydrogens is 617 g/mol. The third kappa shape index (κ3) is 3.88. The predicted molar refractivity (Wildman–Crippen MR) is 208 cm³/mol. The zero-order chi connectivity index (χ0) is 32.1. The highest BCUT2D eigenvalue weighted by Crippen LogP contribution is 2.48. The second kappa shape index (κ2) is 10.2. The van der Waals surface area contributed by atoms with Gasteiger partial charge in [-0.1, -0.05) is 115 Å². The van der Waals surface area contributed by atoms with Crippen molar-refractivity contribution in [1.29, 1.82) is 0 Å². The van der Waals surface area contributed by atoms with Gasteiger partial charge in [-0.3, -0.25) is 0 Å². The normalized spacial score (nSPS) is 12.1. The molecule has 11 rings (SSSR count). The molecule has 0 atom stereocenters. The van der Waals surface area contributed by atoms with Crippen molar-refractivity contribution >= 4 is 86.0 Å². The van der Waals surface area contributed by atoms with Gasteiger partial charge in [0.05, 0.1) is 6.26 Å². The van der Waals surface area contributed by atoms with Crippen LogP contribution in [0.3, 0.4) is 0 Å². The monoisotopic (exact) mass is 642 g/mol. The Morgan fingerprint density at radius 1 is 0.367 bits per heavy atom. The van der Waals surface area contributed by atoms with Crippen LogP contribution in [0.1, 0.15) is 0 Å². The molecule has 0 aliphatic heterocycles. The molecule has 3 heterocycles. The number of hydrogen-bond acceptors (Lipinski definition) is 3. The van der Waals surface area contributed by atoms with Gasteiger partial charge in [-0.2, -0.15) is 0 Å². The van der Waals surface area contributed by atoms with Gasteiger partial charge >= 0.3 is 0 Å². The molecule has 0 spiro atoms. The average molecular weight is 643 g/mol. The summed E-state index contributed by atoms with van der Waals surface area (Å²) < 4.78 is 15.5. The van der Waals surface area contributed by atoms with E-state index in [0.29, 0.717) is 0 Å². The van der Waals surface area contributed by atoms with Crippen molar-refractivity contribution in [3.63, 3.8) is 0 Å². The highest BCUT2D eigenvalue weighted by atomic mass is 32.1. The van der Waals surface area contributed by atoms with E-state index in [2.05, 4.69) is 146 Å². The minimum atomic E-state index is 0.852. The van der Waals surface area contributed by atoms with Gasteiger partial charge in [0.25, 0.3) is 0 Å². The molecule has 0 saturated heterocycles. The topological polar surface area (TPSA) is 26.3 Å². The Morgan fingerprint density at radius 2 is 1.02 bits per heavy atom. The maximum atomic E-state index is 6.63. The molecule has 0 radical (unpaired) electrons. The fourth-order valence-corrected chi connectivity index (χ4v) is 9.09. The summed E-state index contributed by atoms with van der Waals surface area (Å²) in [7, 11) is 0. The highest BCUT2D eigenvalue weighted by molar-refractivity contribution is 7.25. The third-order valence-corrected chi connectivity index (χ3v) is 11.3. The smallest absolute Gasteiger partial charge is 0.136 e. The van der Waals surface area contributed by atoms with Gasteiger partial charge in [0, 0.05) is 41.9 Å². The summed E-state index contributed by atoms with van der Waals surface area (Å²) in [5.74, 6) is 0. The van der Waals surface area contributed by atoms with Crippen LogP contribution in [0, 0.1) is 0 Å². The molecule has 0 fully saturated rings. The maximum Gasteiger partial charge on any atom is 0.136 e. The summed E-state index contributed by atoms with van der Waals surface area (Å²) in [6.45, 7) is 0. The molecule has 0 aliphatic carbocycles. The predicted octanol–water partition coefficient (Wildman–Crippen LogP) is 14.0. The summed E-state index contributed by atoms with van der Waals surface area (Å²) in [4.78, 5) is 0. The molecular formula is C46H26O2S. The molecule has 11 aromatic rings. The van der Waals surface area contributed by atoms with Crippen molar-refractivity contribution < 1.29 is 8.83 Å². The number of furan rings is 2. The second-order valence-electron chi connectivity index (χ2n) is 12.8. The van der Waals surface area contributed by atoms with Crippen LogP contribution >= 0.6 is 11.3 Å². The van der Waals surface area contributed by atoms with Crippen molar-refractivity contribution in [3.05, 3.63) is 158 Å². The molecule has 0 unspecified atom stereocenters. The first-order chi connectivity index (χ1) is 24.3. The van der Waals surface area contributed by atoms with Gasteiger partial charge in [-0.25, -0.2) is 0 Å². The Labute approximate surface area is 285 Å². The van der Waals surface area contributed by atoms with E-state index in [4.69, 9.17) is 8.83 Å². The minimum Gasteiger partial charge on any atom is -0.464 e. The zero-order valence-corrected chi connectivity index (χ0v) is 27.1. The van der Waals surface area contributed by atoms with Crippen LogP contribution in [-0.2, 0) is 0 Å². The number of rotatable bonds is 3. The molecule has 49 heavy (non-hydrogen) atoms. The highest BCUT2D eigenvalue weighted by Gasteiger charge is 2.22. The third-order valence-electron chi connectivity index (χ3n) is 10.1. The Balaban J connectivity index is 1.21. The first-order valence-corrected chi connectivity index (χ1v) is 17.4. The zero-order valence-electron chi connectivity index (χ0n) is 26.2. The number of hydrogen-bond donors (Lipinski definition) is 0. The first-order valence-electron chi connectivity index (χ1n) is 16.6. The summed E-state index contributed by atoms with van der Waals surface area (Å²) in [5.41, 5.74) is 9.65. The summed E-state index contributed by atoms with van der Waals surface area (Å²) in [5, 5.41) is 10.7. The van der Waals surface area contributed by atoms with Crippen molar-refractivity contribution in [1.82, 2.24) is 0 Å². The van der Waals surface area contributed by atoms with E-state index in [1.54, 1.807) is 0 Å². The lowest BCUT2D eigenvalue weighted by Crippen LogP contribution is -1.91. The SMILES string of the molecule is c1ccc(-c2coc3cc4c(cc23)oc2cccc(-c3c5ccccc5c(-c5ccc6sc7ccccc7c6c5)c5ccccc35)c24)cc1. The molecule has 3 aromatic heterocycles. The number of benzene rings is 8. The van der Waals surface area contributed by atoms with Crippen LogP contribution in [0.25, 0.3) is 108 Å². The lowest BCUT2D eigenvalue weighted by molar-refractivity contribution is 0.617. The maximum absolute atomic E-state index is 6.63. The van der Waals surface area contributed by atoms with Crippen LogP contribution < -0.4 is 0 Å². The summed E-state index contributed by atoms with van der Waals surface area (Å²) in [6.07, 6.45) is 1.86. The molecule has 8 aromatic carbocycles. The Kier molecular flexibility index (Phi) is 5.57. The summed E-state index contributed by atoms with van der Waals surface area (Å²) >= 11 is 1.86. The Bertz CT molecular complexity index is 3050. The van der Waals surface area contributed by atoms with Crippen molar-refractivity contribution in [3.8, 4) is 33.4 Å². The van der Waals surface area contributed by atoms with Gasteiger partial charge < -0.3 is 8.83 Å². The van der Waals surface area contributed by atoms with Crippen LogP contribution in [0.5, 0.6) is 0 Å². The van der Waals surface area contributed by atoms with Crippen LogP contribution in [0.2, 0.25) is 0 Å². The van der Waals surface area contributed by atoms with E-state index < -0.39 is 0 Å². The van der Waals surface area contributed by atoms with Crippen molar-refractivity contribution in [2.75, 3.05) is 0 Å². The van der Waals surface area contributed by atoms with E-state index in [1.807, 2.05) is 23.7 Å². The van der Waals surface area contributed by atoms with E-state index in [9.17, 15) is 0 Å². The van der Waals surface area contributed by atoms with E-state index in [-0.39, 0.29) is 0 Å². The van der Waals surface area contributed by atoms with E-state index in [1.165, 1.54) is 58.4 Å². The largest absolute Gasteiger partial charge is 0.464 e. The second-order valence-corrected chi connectivity index (χ2v) is 13.9. The van der Waals surface area contributed by atoms with Crippen molar-refractivity contribution in [2.45, 2.75) is 0 Å². The molecule has 0 N–H and O–H groups in total. The fraction of sp³-hybridized carbons (Fsp3) is 0. The minimum absolute atomic E-state index is 0.852. The molecule has 3 heteroatoms. The number of thiophene rings is 1. The standard InChI is InChI=1S/C46H26O2S/c1-2-11-27(12-3-1)38-26-47-40-25-37-41(24-35(38)40)48-39-19-10-18-34(46(37)39)45-32-16-6-4-14-30(32)44(31-15-5-7-17-33(31)45)28-21-22-43-36(23-28)29-13-8-9-20-42(29)49-43/h1-26H. The quantitative estimate of drug-likeness (QED) is 0.179. The van der Waals surface area contributed by atoms with E-state index >= 15 is 0 Å². The van der Waals surface area contributed by atoms with Gasteiger partial charge in [-0.15, -0.1) is 11.3 Å². The summed E-state index contributed by atoms with van der Waals surface area (Å²) in [6, 6.07) is 54.6. The van der Waals surface area contributed by atoms with Crippen LogP contribution in [-0.4, -0.2) is 0 Å². The fourth-order valence-electron chi connectivity index (χ4n) is 8.01. The van der Waals surface area contributed by atoms with Crippen LogP contribution in [0.15, 0.2) is 167 Å². The van der Waals surface area contributed by atoms with Gasteiger partial charge in [0.2, 0.25) is 0 Å². The van der Waals surface area contributed by atoms with Gasteiger partial charge in [-0.05, 0) is 85.8 Å². The average Bonchev–Trinajstić information content (AvgIpc) is 3.86. The Hall–Kier alpha value is -6.16. The molecule has 0 aliphatic rings. The van der Waals surface area contributed by atoms with Gasteiger partial charge in [0.15, 0.2) is 0 Å². The molecule has 0 saturated carbocycles. The van der Waals surface area contributed by atoms with Crippen LogP contribution in [0.4, 0.5) is 0 Å². The molecule has 2 nitrogen and oxygen atoms in total. The molecule has 228 valence electrons. The lowest BCUT2D eigenvalue weighted by atomic mass is 9.84. The lowest BCUT2D eigenvalue weighted by Gasteiger charge is -2.18. The van der Waals surface area contributed by atoms with E-state index in [0.717, 1.165) is 49.6 Å². The Morgan fingerprint density at radius 3 is 1.80 bits per heavy atom. The van der Waals surface area contributed by atoms with Crippen molar-refractivity contribution in [2.24, 2.45) is 0 Å². The number of fused-ring (bicyclic) bond motifs is 9. The molecule has 0 bridgehead atoms. The first kappa shape index (κ1) is 26.9. The van der Waals surface area contributed by atoms with Gasteiger partial charge in [0.1, 0.15) is 16.7 Å².